The summed E-state index contributed by atoms with van der Waals surface area (Å²) in [5.74, 6) is 0. The highest BCUT2D eigenvalue weighted by molar-refractivity contribution is 7.22. The van der Waals surface area contributed by atoms with Gasteiger partial charge in [0.25, 0.3) is 0 Å². The zero-order valence-electron chi connectivity index (χ0n) is 9.36. The molecule has 0 unspecified atom stereocenters. The van der Waals surface area contributed by atoms with Crippen LogP contribution in [0.3, 0.4) is 0 Å². The number of aromatic nitrogens is 3. The van der Waals surface area contributed by atoms with Crippen molar-refractivity contribution in [3.05, 3.63) is 11.2 Å². The SMILES string of the molecule is CCCc1ncsc1-c1nnc(NCC)s1. The van der Waals surface area contributed by atoms with Crippen molar-refractivity contribution in [1.29, 1.82) is 0 Å². The minimum atomic E-state index is 0.874. The van der Waals surface area contributed by atoms with Gasteiger partial charge in [-0.25, -0.2) is 4.98 Å². The Morgan fingerprint density at radius 1 is 1.31 bits per heavy atom. The molecule has 2 aromatic rings. The summed E-state index contributed by atoms with van der Waals surface area (Å²) < 4.78 is 0. The Kier molecular flexibility index (Phi) is 3.84. The lowest BCUT2D eigenvalue weighted by Crippen LogP contribution is -1.94. The van der Waals surface area contributed by atoms with Crippen molar-refractivity contribution in [3.8, 4) is 9.88 Å². The van der Waals surface area contributed by atoms with E-state index in [4.69, 9.17) is 0 Å². The van der Waals surface area contributed by atoms with Gasteiger partial charge in [-0.3, -0.25) is 0 Å². The summed E-state index contributed by atoms with van der Waals surface area (Å²) in [7, 11) is 0. The summed E-state index contributed by atoms with van der Waals surface area (Å²) in [5.41, 5.74) is 3.03. The van der Waals surface area contributed by atoms with E-state index in [0.29, 0.717) is 0 Å². The Morgan fingerprint density at radius 2 is 2.19 bits per heavy atom. The fourth-order valence-electron chi connectivity index (χ4n) is 1.40. The fourth-order valence-corrected chi connectivity index (χ4v) is 3.16. The van der Waals surface area contributed by atoms with Crippen LogP contribution in [0, 0.1) is 0 Å². The molecule has 16 heavy (non-hydrogen) atoms. The minimum Gasteiger partial charge on any atom is -0.360 e. The summed E-state index contributed by atoms with van der Waals surface area (Å²) in [5, 5.41) is 13.3. The van der Waals surface area contributed by atoms with Crippen LogP contribution in [0.5, 0.6) is 0 Å². The van der Waals surface area contributed by atoms with Gasteiger partial charge in [0.05, 0.1) is 16.1 Å². The Labute approximate surface area is 103 Å². The third kappa shape index (κ3) is 2.38. The predicted molar refractivity (Wildman–Crippen MR) is 69.2 cm³/mol. The third-order valence-corrected chi connectivity index (χ3v) is 3.98. The maximum Gasteiger partial charge on any atom is 0.206 e. The molecule has 1 N–H and O–H groups in total. The highest BCUT2D eigenvalue weighted by atomic mass is 32.1. The molecule has 0 radical (unpaired) electrons. The van der Waals surface area contributed by atoms with Crippen molar-refractivity contribution >= 4 is 27.8 Å². The molecule has 0 atom stereocenters. The Bertz CT molecular complexity index is 449. The first-order valence-electron chi connectivity index (χ1n) is 5.35. The molecule has 0 bridgehead atoms. The molecule has 2 aromatic heterocycles. The third-order valence-electron chi connectivity index (χ3n) is 2.08. The molecule has 0 amide bonds. The van der Waals surface area contributed by atoms with Crippen molar-refractivity contribution < 1.29 is 0 Å². The van der Waals surface area contributed by atoms with Gasteiger partial charge in [0.2, 0.25) is 5.13 Å². The lowest BCUT2D eigenvalue weighted by atomic mass is 10.2. The first-order valence-corrected chi connectivity index (χ1v) is 7.04. The Balaban J connectivity index is 2.24. The number of thiazole rings is 1. The molecule has 0 aliphatic heterocycles. The van der Waals surface area contributed by atoms with Gasteiger partial charge in [-0.15, -0.1) is 21.5 Å². The van der Waals surface area contributed by atoms with Crippen LogP contribution in [0.2, 0.25) is 0 Å². The van der Waals surface area contributed by atoms with E-state index in [-0.39, 0.29) is 0 Å². The Morgan fingerprint density at radius 3 is 2.94 bits per heavy atom. The van der Waals surface area contributed by atoms with E-state index in [1.54, 1.807) is 22.7 Å². The van der Waals surface area contributed by atoms with Crippen molar-refractivity contribution in [2.75, 3.05) is 11.9 Å². The lowest BCUT2D eigenvalue weighted by Gasteiger charge is -1.95. The van der Waals surface area contributed by atoms with Crippen LogP contribution in [0.25, 0.3) is 9.88 Å². The van der Waals surface area contributed by atoms with E-state index < -0.39 is 0 Å². The van der Waals surface area contributed by atoms with Gasteiger partial charge < -0.3 is 5.32 Å². The van der Waals surface area contributed by atoms with Crippen LogP contribution in [0.1, 0.15) is 26.0 Å². The molecule has 0 spiro atoms. The van der Waals surface area contributed by atoms with E-state index in [2.05, 4.69) is 34.3 Å². The van der Waals surface area contributed by atoms with Gasteiger partial charge in [-0.2, -0.15) is 0 Å². The van der Waals surface area contributed by atoms with Crippen LogP contribution in [0.4, 0.5) is 5.13 Å². The normalized spacial score (nSPS) is 10.6. The van der Waals surface area contributed by atoms with Crippen molar-refractivity contribution in [3.63, 3.8) is 0 Å². The average molecular weight is 254 g/mol. The molecule has 86 valence electrons. The summed E-state index contributed by atoms with van der Waals surface area (Å²) >= 11 is 3.24. The molecule has 0 aromatic carbocycles. The highest BCUT2D eigenvalue weighted by Gasteiger charge is 2.12. The predicted octanol–water partition coefficient (Wildman–Crippen LogP) is 3.05. The van der Waals surface area contributed by atoms with Gasteiger partial charge in [-0.1, -0.05) is 24.7 Å². The zero-order valence-corrected chi connectivity index (χ0v) is 11.0. The van der Waals surface area contributed by atoms with Crippen molar-refractivity contribution in [2.45, 2.75) is 26.7 Å². The molecule has 0 aliphatic carbocycles. The minimum absolute atomic E-state index is 0.874. The first-order chi connectivity index (χ1) is 7.85. The molecule has 0 saturated heterocycles. The van der Waals surface area contributed by atoms with Gasteiger partial charge in [0.1, 0.15) is 0 Å². The van der Waals surface area contributed by atoms with E-state index in [9.17, 15) is 0 Å². The van der Waals surface area contributed by atoms with E-state index >= 15 is 0 Å². The molecule has 4 nitrogen and oxygen atoms in total. The largest absolute Gasteiger partial charge is 0.360 e. The van der Waals surface area contributed by atoms with E-state index in [1.165, 1.54) is 4.88 Å². The quantitative estimate of drug-likeness (QED) is 0.891. The topological polar surface area (TPSA) is 50.7 Å². The second kappa shape index (κ2) is 5.36. The molecular weight excluding hydrogens is 240 g/mol. The summed E-state index contributed by atoms with van der Waals surface area (Å²) in [6.07, 6.45) is 2.12. The monoisotopic (exact) mass is 254 g/mol. The van der Waals surface area contributed by atoms with Crippen LogP contribution < -0.4 is 5.32 Å². The molecule has 6 heteroatoms. The number of hydrogen-bond donors (Lipinski definition) is 1. The van der Waals surface area contributed by atoms with Gasteiger partial charge in [0.15, 0.2) is 5.01 Å². The molecule has 0 aliphatic rings. The molecular formula is C10H14N4S2. The maximum atomic E-state index is 4.37. The number of aryl methyl sites for hydroxylation is 1. The molecule has 0 fully saturated rings. The summed E-state index contributed by atoms with van der Waals surface area (Å²) in [6.45, 7) is 5.09. The zero-order chi connectivity index (χ0) is 11.4. The standard InChI is InChI=1S/C10H14N4S2/c1-3-5-7-8(15-6-12-7)9-13-14-10(16-9)11-4-2/h6H,3-5H2,1-2H3,(H,11,14). The second-order valence-electron chi connectivity index (χ2n) is 3.32. The van der Waals surface area contributed by atoms with Crippen molar-refractivity contribution in [2.24, 2.45) is 0 Å². The summed E-state index contributed by atoms with van der Waals surface area (Å²) in [6, 6.07) is 0. The Hall–Kier alpha value is -1.01. The van der Waals surface area contributed by atoms with Gasteiger partial charge in [-0.05, 0) is 13.3 Å². The number of nitrogens with one attached hydrogen (secondary N) is 1. The maximum absolute atomic E-state index is 4.37. The van der Waals surface area contributed by atoms with Gasteiger partial charge >= 0.3 is 0 Å². The highest BCUT2D eigenvalue weighted by Crippen LogP contribution is 2.32. The lowest BCUT2D eigenvalue weighted by molar-refractivity contribution is 0.893. The fraction of sp³-hybridized carbons (Fsp3) is 0.500. The van der Waals surface area contributed by atoms with E-state index in [1.807, 2.05) is 5.51 Å². The van der Waals surface area contributed by atoms with E-state index in [0.717, 1.165) is 35.2 Å². The van der Waals surface area contributed by atoms with Crippen LogP contribution in [-0.2, 0) is 6.42 Å². The second-order valence-corrected chi connectivity index (χ2v) is 5.15. The number of rotatable bonds is 5. The smallest absolute Gasteiger partial charge is 0.206 e. The summed E-state index contributed by atoms with van der Waals surface area (Å²) in [4.78, 5) is 5.54. The number of nitrogens with zero attached hydrogens (tertiary/aromatic N) is 3. The van der Waals surface area contributed by atoms with Crippen LogP contribution >= 0.6 is 22.7 Å². The average Bonchev–Trinajstić information content (AvgIpc) is 2.87. The molecule has 0 saturated carbocycles. The molecule has 2 rings (SSSR count). The van der Waals surface area contributed by atoms with Crippen molar-refractivity contribution in [1.82, 2.24) is 15.2 Å². The van der Waals surface area contributed by atoms with Crippen LogP contribution in [0.15, 0.2) is 5.51 Å². The number of hydrogen-bond acceptors (Lipinski definition) is 6. The first kappa shape index (κ1) is 11.5. The van der Waals surface area contributed by atoms with Gasteiger partial charge in [0, 0.05) is 6.54 Å². The number of anilines is 1. The van der Waals surface area contributed by atoms with Crippen LogP contribution in [-0.4, -0.2) is 21.7 Å². The molecule has 2 heterocycles.